The summed E-state index contributed by atoms with van der Waals surface area (Å²) >= 11 is 0. The molecule has 304 valence electrons. The van der Waals surface area contributed by atoms with Crippen molar-refractivity contribution in [2.75, 3.05) is 0 Å². The van der Waals surface area contributed by atoms with Gasteiger partial charge in [0, 0.05) is 0 Å². The highest BCUT2D eigenvalue weighted by atomic mass is 14.0. The molecule has 0 saturated carbocycles. The van der Waals surface area contributed by atoms with Crippen LogP contribution < -0.4 is 0 Å². The molecule has 0 fully saturated rings. The first kappa shape index (κ1) is 76.7. The molecule has 0 aliphatic rings. The molecule has 0 bridgehead atoms. The predicted octanol–water partition coefficient (Wildman–Crippen LogP) is 20.5. The SMILES string of the molecule is C.CC.CC(C)(C)C.CC(C)C.CCC.CCC(C)C.CCC(C)C.CCCC.CCCCC.CCCCCC.CCCCCCC. The molecule has 0 nitrogen and oxygen atoms in total. The van der Waals surface area contributed by atoms with Crippen LogP contribution >= 0.6 is 0 Å². The van der Waals surface area contributed by atoms with Gasteiger partial charge in [0.1, 0.15) is 0 Å². The summed E-state index contributed by atoms with van der Waals surface area (Å²) in [5.74, 6) is 2.60. The molecule has 0 amide bonds. The van der Waals surface area contributed by atoms with Crippen molar-refractivity contribution in [3.63, 3.8) is 0 Å². The van der Waals surface area contributed by atoms with Gasteiger partial charge in [0.25, 0.3) is 0 Å². The quantitative estimate of drug-likeness (QED) is 0.180. The number of hydrogen-bond acceptors (Lipinski definition) is 0. The maximum absolute atomic E-state index is 2.25. The largest absolute Gasteiger partial charge is 0.0776 e. The Morgan fingerprint density at radius 1 is 0.340 bits per heavy atom. The average Bonchev–Trinajstić information content (AvgIpc) is 2.98. The smallest absolute Gasteiger partial charge is 0.0411 e. The van der Waals surface area contributed by atoms with Crippen molar-refractivity contribution in [3.05, 3.63) is 0 Å². The van der Waals surface area contributed by atoms with Crippen LogP contribution in [0.5, 0.6) is 0 Å². The van der Waals surface area contributed by atoms with Crippen LogP contribution in [0.15, 0.2) is 0 Å². The standard InChI is InChI=1S/C7H16.C6H14.4C5H12.2C4H10.C3H8.C2H6.CH4/c1-3-5-7-6-4-2;1-3-5-6-4-2;1-5(2,3)4;2*1-4-5(2)3;1-3-5-4-2;1-4(2)3;1-3-4-2;1-3-2;1-2;/h3-7H2,1-2H3;3-6H2,1-2H3;1-4H3;2*5H,4H2,1-3H3;3-5H2,1-2H3;4H,1-3H3;3-4H2,1-2H3;3H2,1-2H3;1-2H3;1H4. The van der Waals surface area contributed by atoms with Crippen molar-refractivity contribution in [2.45, 2.75) is 290 Å². The van der Waals surface area contributed by atoms with Crippen molar-refractivity contribution in [2.24, 2.45) is 23.2 Å². The van der Waals surface area contributed by atoms with E-state index in [1.165, 1.54) is 109 Å². The second-order valence-electron chi connectivity index (χ2n) is 15.2. The lowest BCUT2D eigenvalue weighted by atomic mass is 10.0. The van der Waals surface area contributed by atoms with E-state index in [0.717, 1.165) is 17.8 Å². The van der Waals surface area contributed by atoms with Crippen LogP contribution in [-0.2, 0) is 0 Å². The lowest BCUT2D eigenvalue weighted by Gasteiger charge is -2.05. The zero-order chi connectivity index (χ0) is 39.3. The van der Waals surface area contributed by atoms with Crippen molar-refractivity contribution in [1.29, 1.82) is 0 Å². The van der Waals surface area contributed by atoms with Gasteiger partial charge in [-0.25, -0.2) is 0 Å². The molecule has 0 N–H and O–H groups in total. The summed E-state index contributed by atoms with van der Waals surface area (Å²) < 4.78 is 0. The number of unbranched alkanes of at least 4 members (excludes halogenated alkanes) is 10. The van der Waals surface area contributed by atoms with Crippen LogP contribution in [0.1, 0.15) is 290 Å². The Morgan fingerprint density at radius 3 is 0.532 bits per heavy atom. The third-order valence-corrected chi connectivity index (χ3v) is 5.00. The average molecular weight is 681 g/mol. The van der Waals surface area contributed by atoms with Crippen LogP contribution in [0.3, 0.4) is 0 Å². The van der Waals surface area contributed by atoms with E-state index in [9.17, 15) is 0 Å². The van der Waals surface area contributed by atoms with Gasteiger partial charge >= 0.3 is 0 Å². The lowest BCUT2D eigenvalue weighted by molar-refractivity contribution is 0.469. The molecule has 0 aliphatic carbocycles. The maximum Gasteiger partial charge on any atom is -0.0411 e. The molecule has 0 aliphatic heterocycles. The highest BCUT2D eigenvalue weighted by molar-refractivity contribution is 4.47. The summed E-state index contributed by atoms with van der Waals surface area (Å²) in [7, 11) is 0. The van der Waals surface area contributed by atoms with Crippen LogP contribution in [0.4, 0.5) is 0 Å². The third-order valence-electron chi connectivity index (χ3n) is 5.00. The van der Waals surface area contributed by atoms with E-state index in [1.807, 2.05) is 13.8 Å². The van der Waals surface area contributed by atoms with E-state index in [-0.39, 0.29) is 7.43 Å². The summed E-state index contributed by atoms with van der Waals surface area (Å²) in [6.07, 6.45) is 23.1. The van der Waals surface area contributed by atoms with Gasteiger partial charge in [-0.3, -0.25) is 0 Å². The molecular weight excluding hydrogens is 565 g/mol. The molecule has 47 heavy (non-hydrogen) atoms. The summed E-state index contributed by atoms with van der Waals surface area (Å²) in [4.78, 5) is 0. The molecule has 0 saturated heterocycles. The molecule has 0 aromatic heterocycles. The van der Waals surface area contributed by atoms with E-state index in [2.05, 4.69) is 159 Å². The first-order valence-electron chi connectivity index (χ1n) is 21.3. The first-order chi connectivity index (χ1) is 21.3. The molecule has 0 aromatic carbocycles. The van der Waals surface area contributed by atoms with Gasteiger partial charge < -0.3 is 0 Å². The Hall–Kier alpha value is 0. The molecular formula is C47H116. The topological polar surface area (TPSA) is 0 Å². The van der Waals surface area contributed by atoms with Crippen molar-refractivity contribution in [3.8, 4) is 0 Å². The monoisotopic (exact) mass is 681 g/mol. The molecule has 0 spiro atoms. The number of hydrogen-bond donors (Lipinski definition) is 0. The van der Waals surface area contributed by atoms with Crippen LogP contribution in [0, 0.1) is 23.2 Å². The van der Waals surface area contributed by atoms with E-state index in [0.29, 0.717) is 5.41 Å². The highest BCUT2D eigenvalue weighted by Gasteiger charge is 1.95. The Kier molecular flexibility index (Phi) is 149. The van der Waals surface area contributed by atoms with Crippen molar-refractivity contribution < 1.29 is 0 Å². The molecule has 0 heterocycles. The minimum atomic E-state index is 0. The van der Waals surface area contributed by atoms with Gasteiger partial charge in [0.2, 0.25) is 0 Å². The molecule has 0 heteroatoms. The normalized spacial score (nSPS) is 8.68. The van der Waals surface area contributed by atoms with E-state index in [4.69, 9.17) is 0 Å². The fourth-order valence-corrected chi connectivity index (χ4v) is 1.53. The maximum atomic E-state index is 2.25. The minimum Gasteiger partial charge on any atom is -0.0776 e. The number of rotatable bonds is 12. The first-order valence-corrected chi connectivity index (χ1v) is 21.3. The molecule has 0 unspecified atom stereocenters. The fourth-order valence-electron chi connectivity index (χ4n) is 1.53. The summed E-state index contributed by atoms with van der Waals surface area (Å²) in [5, 5.41) is 0. The van der Waals surface area contributed by atoms with Gasteiger partial charge in [-0.2, -0.15) is 0 Å². The summed E-state index contributed by atoms with van der Waals surface area (Å²) in [5.41, 5.74) is 0.500. The van der Waals surface area contributed by atoms with Gasteiger partial charge in [-0.05, 0) is 23.2 Å². The van der Waals surface area contributed by atoms with Gasteiger partial charge in [0.05, 0.1) is 0 Å². The Bertz CT molecular complexity index is 276. The Balaban J connectivity index is -0.0000000344. The van der Waals surface area contributed by atoms with E-state index in [1.54, 1.807) is 0 Å². The molecule has 0 radical (unpaired) electrons. The van der Waals surface area contributed by atoms with Crippen LogP contribution in [0.25, 0.3) is 0 Å². The van der Waals surface area contributed by atoms with Gasteiger partial charge in [-0.1, -0.05) is 290 Å². The Labute approximate surface area is 312 Å². The fraction of sp³-hybridized carbons (Fsp3) is 1.00. The highest BCUT2D eigenvalue weighted by Crippen LogP contribution is 2.08. The van der Waals surface area contributed by atoms with E-state index >= 15 is 0 Å². The van der Waals surface area contributed by atoms with Gasteiger partial charge in [0.15, 0.2) is 0 Å². The zero-order valence-electron chi connectivity index (χ0n) is 39.3. The second kappa shape index (κ2) is 91.0. The Morgan fingerprint density at radius 2 is 0.468 bits per heavy atom. The minimum absolute atomic E-state index is 0. The third kappa shape index (κ3) is 454. The summed E-state index contributed by atoms with van der Waals surface area (Å²) in [6.45, 7) is 54.5. The second-order valence-corrected chi connectivity index (χ2v) is 15.2. The lowest BCUT2D eigenvalue weighted by Crippen LogP contribution is -1.93. The zero-order valence-corrected chi connectivity index (χ0v) is 39.3. The van der Waals surface area contributed by atoms with Crippen molar-refractivity contribution in [1.82, 2.24) is 0 Å². The molecule has 0 atom stereocenters. The molecule has 0 rings (SSSR count). The van der Waals surface area contributed by atoms with Crippen LogP contribution in [0.2, 0.25) is 0 Å². The van der Waals surface area contributed by atoms with Crippen molar-refractivity contribution >= 4 is 0 Å². The van der Waals surface area contributed by atoms with E-state index < -0.39 is 0 Å². The summed E-state index contributed by atoms with van der Waals surface area (Å²) in [6, 6.07) is 0. The van der Waals surface area contributed by atoms with Crippen LogP contribution in [-0.4, -0.2) is 0 Å². The predicted molar refractivity (Wildman–Crippen MR) is 240 cm³/mol. The molecule has 0 aromatic rings. The van der Waals surface area contributed by atoms with Gasteiger partial charge in [-0.15, -0.1) is 0 Å².